The van der Waals surface area contributed by atoms with Crippen molar-refractivity contribution in [3.8, 4) is 5.82 Å². The zero-order chi connectivity index (χ0) is 22.9. The molecule has 0 saturated carbocycles. The number of benzene rings is 1. The first-order valence-electron chi connectivity index (χ1n) is 11.2. The Morgan fingerprint density at radius 1 is 0.909 bits per heavy atom. The predicted octanol–water partition coefficient (Wildman–Crippen LogP) is 5.37. The fourth-order valence-electron chi connectivity index (χ4n) is 4.82. The van der Waals surface area contributed by atoms with E-state index in [1.54, 1.807) is 0 Å². The smallest absolute Gasteiger partial charge is 0.170 e. The molecule has 0 unspecified atom stereocenters. The van der Waals surface area contributed by atoms with Crippen LogP contribution in [0.2, 0.25) is 0 Å². The van der Waals surface area contributed by atoms with Gasteiger partial charge in [-0.3, -0.25) is 4.98 Å². The predicted molar refractivity (Wildman–Crippen MR) is 135 cm³/mol. The first-order chi connectivity index (χ1) is 16.0. The van der Waals surface area contributed by atoms with E-state index in [-0.39, 0.29) is 12.1 Å². The highest BCUT2D eigenvalue weighted by atomic mass is 32.1. The largest absolute Gasteiger partial charge is 0.352 e. The minimum Gasteiger partial charge on any atom is -0.352 e. The van der Waals surface area contributed by atoms with Crippen LogP contribution in [-0.4, -0.2) is 24.5 Å². The number of rotatable bonds is 5. The number of aromatic nitrogens is 3. The lowest BCUT2D eigenvalue weighted by atomic mass is 9.96. The highest BCUT2D eigenvalue weighted by Gasteiger charge is 2.41. The van der Waals surface area contributed by atoms with Gasteiger partial charge in [-0.1, -0.05) is 42.5 Å². The summed E-state index contributed by atoms with van der Waals surface area (Å²) in [5, 5.41) is 4.31. The maximum atomic E-state index is 5.86. The van der Waals surface area contributed by atoms with Gasteiger partial charge >= 0.3 is 0 Å². The summed E-state index contributed by atoms with van der Waals surface area (Å²) in [6.07, 6.45) is 3.70. The van der Waals surface area contributed by atoms with Gasteiger partial charge in [0.25, 0.3) is 0 Å². The Morgan fingerprint density at radius 3 is 2.39 bits per heavy atom. The number of nitrogens with one attached hydrogen (secondary N) is 1. The maximum Gasteiger partial charge on any atom is 0.170 e. The van der Waals surface area contributed by atoms with Gasteiger partial charge in [-0.05, 0) is 73.9 Å². The monoisotopic (exact) mass is 453 g/mol. The van der Waals surface area contributed by atoms with E-state index >= 15 is 0 Å². The van der Waals surface area contributed by atoms with Gasteiger partial charge in [0, 0.05) is 30.3 Å². The Balaban J connectivity index is 1.63. The molecule has 5 nitrogen and oxygen atoms in total. The molecule has 0 bridgehead atoms. The third-order valence-electron chi connectivity index (χ3n) is 6.38. The van der Waals surface area contributed by atoms with E-state index < -0.39 is 0 Å². The normalized spacial score (nSPS) is 17.9. The second-order valence-electron chi connectivity index (χ2n) is 8.55. The summed E-state index contributed by atoms with van der Waals surface area (Å²) in [6.45, 7) is 7.15. The van der Waals surface area contributed by atoms with E-state index in [0.717, 1.165) is 34.4 Å². The van der Waals surface area contributed by atoms with Gasteiger partial charge in [-0.2, -0.15) is 0 Å². The van der Waals surface area contributed by atoms with E-state index in [0.29, 0.717) is 0 Å². The number of pyridine rings is 2. The molecule has 1 saturated heterocycles. The van der Waals surface area contributed by atoms with E-state index in [4.69, 9.17) is 12.2 Å². The first kappa shape index (κ1) is 21.3. The van der Waals surface area contributed by atoms with Crippen molar-refractivity contribution in [1.82, 2.24) is 24.8 Å². The molecule has 6 heteroatoms. The molecular formula is C27H27N5S. The maximum absolute atomic E-state index is 5.86. The van der Waals surface area contributed by atoms with Crippen LogP contribution in [0.15, 0.2) is 79.1 Å². The van der Waals surface area contributed by atoms with Crippen LogP contribution in [0.5, 0.6) is 0 Å². The quantitative estimate of drug-likeness (QED) is 0.412. The first-order valence-corrected chi connectivity index (χ1v) is 11.6. The van der Waals surface area contributed by atoms with Crippen LogP contribution >= 0.6 is 12.2 Å². The van der Waals surface area contributed by atoms with Crippen molar-refractivity contribution in [1.29, 1.82) is 0 Å². The van der Waals surface area contributed by atoms with Gasteiger partial charge in [-0.25, -0.2) is 4.98 Å². The van der Waals surface area contributed by atoms with Crippen molar-refractivity contribution in [3.05, 3.63) is 113 Å². The van der Waals surface area contributed by atoms with Crippen molar-refractivity contribution < 1.29 is 0 Å². The Kier molecular flexibility index (Phi) is 5.68. The molecular weight excluding hydrogens is 426 g/mol. The summed E-state index contributed by atoms with van der Waals surface area (Å²) in [5.41, 5.74) is 6.91. The van der Waals surface area contributed by atoms with Crippen LogP contribution in [0.1, 0.15) is 45.9 Å². The van der Waals surface area contributed by atoms with Crippen LogP contribution in [0.4, 0.5) is 0 Å². The summed E-state index contributed by atoms with van der Waals surface area (Å²) < 4.78 is 2.25. The second-order valence-corrected chi connectivity index (χ2v) is 8.93. The Bertz CT molecular complexity index is 1280. The van der Waals surface area contributed by atoms with Gasteiger partial charge in [0.2, 0.25) is 0 Å². The number of nitrogens with zero attached hydrogens (tertiary/aromatic N) is 4. The minimum atomic E-state index is -0.0406. The zero-order valence-corrected chi connectivity index (χ0v) is 19.9. The van der Waals surface area contributed by atoms with E-state index in [1.807, 2.05) is 36.7 Å². The molecule has 1 aromatic carbocycles. The summed E-state index contributed by atoms with van der Waals surface area (Å²) in [5.74, 6) is 0.969. The van der Waals surface area contributed by atoms with E-state index in [9.17, 15) is 0 Å². The highest BCUT2D eigenvalue weighted by molar-refractivity contribution is 7.80. The molecule has 1 aliphatic rings. The topological polar surface area (TPSA) is 46.0 Å². The molecule has 1 aliphatic heterocycles. The molecule has 2 atom stereocenters. The summed E-state index contributed by atoms with van der Waals surface area (Å²) in [4.78, 5) is 11.7. The molecule has 1 fully saturated rings. The third kappa shape index (κ3) is 3.91. The summed E-state index contributed by atoms with van der Waals surface area (Å²) in [7, 11) is 0. The molecule has 5 rings (SSSR count). The van der Waals surface area contributed by atoms with Crippen molar-refractivity contribution in [3.63, 3.8) is 0 Å². The lowest BCUT2D eigenvalue weighted by Crippen LogP contribution is -2.29. The summed E-state index contributed by atoms with van der Waals surface area (Å²) in [6, 6.07) is 22.9. The van der Waals surface area contributed by atoms with Crippen molar-refractivity contribution in [2.24, 2.45) is 0 Å². The Labute approximate surface area is 200 Å². The van der Waals surface area contributed by atoms with Gasteiger partial charge in [0.1, 0.15) is 5.82 Å². The van der Waals surface area contributed by atoms with Gasteiger partial charge in [0.15, 0.2) is 5.11 Å². The Hall–Kier alpha value is -3.51. The molecule has 4 heterocycles. The number of hydrogen-bond acceptors (Lipinski definition) is 3. The fourth-order valence-corrected chi connectivity index (χ4v) is 5.12. The molecule has 0 aliphatic carbocycles. The van der Waals surface area contributed by atoms with Crippen LogP contribution in [-0.2, 0) is 6.54 Å². The van der Waals surface area contributed by atoms with Crippen LogP contribution in [0.3, 0.4) is 0 Å². The average Bonchev–Trinajstić information content (AvgIpc) is 3.30. The third-order valence-corrected chi connectivity index (χ3v) is 6.73. The standard InChI is InChI=1S/C27H27N5S/c1-18-10-9-15-29-26(18)32-19(2)16-22(20(32)3)25-24(23-13-7-8-14-28-23)30-27(33)31(25)17-21-11-5-4-6-12-21/h4-16,24-25H,17H2,1-3H3,(H,30,33)/t24-,25-/m0/s1. The van der Waals surface area contributed by atoms with E-state index in [1.165, 1.54) is 16.8 Å². The minimum absolute atomic E-state index is 0.0107. The molecule has 4 aromatic rings. The number of aryl methyl sites for hydroxylation is 2. The van der Waals surface area contributed by atoms with E-state index in [2.05, 4.69) is 88.0 Å². The SMILES string of the molecule is Cc1cccnc1-n1c(C)cc([C@H]2[C@H](c3ccccn3)NC(=S)N2Cc2ccccc2)c1C. The molecule has 0 radical (unpaired) electrons. The average molecular weight is 454 g/mol. The van der Waals surface area contributed by atoms with Crippen molar-refractivity contribution in [2.45, 2.75) is 39.4 Å². The van der Waals surface area contributed by atoms with Gasteiger partial charge in [-0.15, -0.1) is 0 Å². The molecule has 0 amide bonds. The molecule has 166 valence electrons. The lowest BCUT2D eigenvalue weighted by Gasteiger charge is -2.28. The number of thiocarbonyl (C=S) groups is 1. The highest BCUT2D eigenvalue weighted by Crippen LogP contribution is 2.42. The van der Waals surface area contributed by atoms with Crippen LogP contribution in [0, 0.1) is 20.8 Å². The molecule has 1 N–H and O–H groups in total. The second kappa shape index (κ2) is 8.79. The van der Waals surface area contributed by atoms with Crippen LogP contribution in [0.25, 0.3) is 5.82 Å². The molecule has 0 spiro atoms. The molecule has 3 aromatic heterocycles. The van der Waals surface area contributed by atoms with Crippen molar-refractivity contribution in [2.75, 3.05) is 0 Å². The molecule has 33 heavy (non-hydrogen) atoms. The summed E-state index contributed by atoms with van der Waals surface area (Å²) >= 11 is 5.86. The zero-order valence-electron chi connectivity index (χ0n) is 19.1. The van der Waals surface area contributed by atoms with Crippen LogP contribution < -0.4 is 5.32 Å². The number of hydrogen-bond donors (Lipinski definition) is 1. The van der Waals surface area contributed by atoms with Gasteiger partial charge < -0.3 is 14.8 Å². The van der Waals surface area contributed by atoms with Crippen molar-refractivity contribution >= 4 is 17.3 Å². The lowest BCUT2D eigenvalue weighted by molar-refractivity contribution is 0.310. The fraction of sp³-hybridized carbons (Fsp3) is 0.222. The van der Waals surface area contributed by atoms with Gasteiger partial charge in [0.05, 0.1) is 17.8 Å². The Morgan fingerprint density at radius 2 is 1.67 bits per heavy atom.